The Bertz CT molecular complexity index is 1040. The van der Waals surface area contributed by atoms with Gasteiger partial charge >= 0.3 is 35.7 Å². The van der Waals surface area contributed by atoms with E-state index in [9.17, 15) is 29.4 Å². The number of hydrogen-bond donors (Lipinski definition) is 2. The van der Waals surface area contributed by atoms with Crippen molar-refractivity contribution in [3.05, 3.63) is 29.0 Å². The van der Waals surface area contributed by atoms with Crippen LogP contribution in [0.25, 0.3) is 0 Å². The number of halogens is 1. The highest BCUT2D eigenvalue weighted by Crippen LogP contribution is 2.30. The number of hydrogen-bond acceptors (Lipinski definition) is 13. The monoisotopic (exact) mass is 547 g/mol. The van der Waals surface area contributed by atoms with Crippen LogP contribution in [0.4, 0.5) is 4.79 Å². The molecule has 2 atom stereocenters. The summed E-state index contributed by atoms with van der Waals surface area (Å²) in [6, 6.07) is 3.02. The molecule has 37 heavy (non-hydrogen) atoms. The smallest absolute Gasteiger partial charge is 0.439 e. The summed E-state index contributed by atoms with van der Waals surface area (Å²) in [4.78, 5) is 61.7. The molecule has 2 unspecified atom stereocenters. The molecule has 2 N–H and O–H groups in total. The number of rotatable bonds is 8. The average Bonchev–Trinajstić information content (AvgIpc) is 3.37. The second-order valence-corrected chi connectivity index (χ2v) is 10.2. The van der Waals surface area contributed by atoms with Crippen LogP contribution in [0.3, 0.4) is 0 Å². The molecule has 1 saturated heterocycles. The number of aromatic nitrogens is 1. The Labute approximate surface area is 217 Å². The molecule has 0 bridgehead atoms. The van der Waals surface area contributed by atoms with Crippen molar-refractivity contribution in [1.82, 2.24) is 15.0 Å². The van der Waals surface area contributed by atoms with Gasteiger partial charge in [0.15, 0.2) is 0 Å². The number of hydrazine groups is 1. The summed E-state index contributed by atoms with van der Waals surface area (Å²) in [5, 5.41) is 22.9. The largest absolute Gasteiger partial charge is 0.443 e. The fourth-order valence-electron chi connectivity index (χ4n) is 2.83. The number of likely N-dealkylation sites (N-methyl/N-ethyl adjacent to an activating group) is 1. The highest BCUT2D eigenvalue weighted by atomic mass is 35.5. The summed E-state index contributed by atoms with van der Waals surface area (Å²) in [5.41, 5.74) is -1.78. The van der Waals surface area contributed by atoms with Crippen LogP contribution in [0, 0.1) is 0 Å². The summed E-state index contributed by atoms with van der Waals surface area (Å²) < 4.78 is 15.1. The van der Waals surface area contributed by atoms with Crippen LogP contribution in [-0.2, 0) is 44.9 Å². The van der Waals surface area contributed by atoms with E-state index in [-0.39, 0.29) is 18.2 Å². The lowest BCUT2D eigenvalue weighted by molar-refractivity contribution is -0.373. The lowest BCUT2D eigenvalue weighted by atomic mass is 10.2. The van der Waals surface area contributed by atoms with Crippen molar-refractivity contribution >= 4 is 35.6 Å². The van der Waals surface area contributed by atoms with E-state index in [1.54, 1.807) is 26.8 Å². The molecule has 0 aliphatic carbocycles. The van der Waals surface area contributed by atoms with Crippen molar-refractivity contribution in [2.45, 2.75) is 77.9 Å². The predicted octanol–water partition coefficient (Wildman–Crippen LogP) is 1.42. The van der Waals surface area contributed by atoms with Crippen LogP contribution in [0.5, 0.6) is 0 Å². The van der Waals surface area contributed by atoms with E-state index in [1.165, 1.54) is 40.0 Å². The second-order valence-electron chi connectivity index (χ2n) is 9.84. The van der Waals surface area contributed by atoms with E-state index >= 15 is 0 Å². The number of nitrogens with zero attached hydrogens (tertiary/aromatic N) is 3. The number of aliphatic hydroxyl groups is 2. The third kappa shape index (κ3) is 7.72. The van der Waals surface area contributed by atoms with Gasteiger partial charge in [-0.25, -0.2) is 38.9 Å². The summed E-state index contributed by atoms with van der Waals surface area (Å²) in [7, 11) is 0. The van der Waals surface area contributed by atoms with Gasteiger partial charge in [0.25, 0.3) is 0 Å². The van der Waals surface area contributed by atoms with E-state index in [4.69, 9.17) is 21.1 Å². The number of amides is 1. The molecule has 1 aromatic heterocycles. The number of ether oxygens (including phenoxy) is 3. The van der Waals surface area contributed by atoms with Gasteiger partial charge in [-0.15, -0.1) is 0 Å². The molecule has 1 aromatic rings. The molecule has 0 radical (unpaired) electrons. The molecule has 2 heterocycles. The van der Waals surface area contributed by atoms with Crippen molar-refractivity contribution in [3.8, 4) is 0 Å². The number of carbonyl (C=O) groups excluding carboxylic acids is 4. The zero-order valence-electron chi connectivity index (χ0n) is 21.4. The Morgan fingerprint density at radius 1 is 1.11 bits per heavy atom. The van der Waals surface area contributed by atoms with Gasteiger partial charge in [-0.05, 0) is 53.2 Å². The van der Waals surface area contributed by atoms with Gasteiger partial charge in [-0.1, -0.05) is 24.6 Å². The zero-order valence-corrected chi connectivity index (χ0v) is 22.2. The van der Waals surface area contributed by atoms with Crippen LogP contribution >= 0.6 is 11.6 Å². The first-order valence-corrected chi connectivity index (χ1v) is 11.4. The van der Waals surface area contributed by atoms with E-state index < -0.39 is 46.9 Å². The van der Waals surface area contributed by atoms with Gasteiger partial charge in [0, 0.05) is 12.7 Å². The van der Waals surface area contributed by atoms with Crippen LogP contribution in [0.2, 0.25) is 5.15 Å². The molecule has 1 fully saturated rings. The normalized spacial score (nSPS) is 18.9. The van der Waals surface area contributed by atoms with Crippen LogP contribution in [0.1, 0.15) is 54.0 Å². The van der Waals surface area contributed by atoms with Crippen molar-refractivity contribution in [1.29, 1.82) is 0 Å². The van der Waals surface area contributed by atoms with Crippen LogP contribution in [-0.4, -0.2) is 78.7 Å². The highest BCUT2D eigenvalue weighted by molar-refractivity contribution is 6.29. The molecule has 2 rings (SSSR count). The van der Waals surface area contributed by atoms with Gasteiger partial charge in [0.1, 0.15) is 10.8 Å². The number of epoxide rings is 1. The molecule has 1 aliphatic heterocycles. The molecular formula is C22H30ClN3O11. The second kappa shape index (κ2) is 10.8. The van der Waals surface area contributed by atoms with Crippen LogP contribution in [0.15, 0.2) is 18.3 Å². The Balaban J connectivity index is 2.46. The van der Waals surface area contributed by atoms with Crippen LogP contribution < -0.4 is 0 Å². The third-order valence-corrected chi connectivity index (χ3v) is 4.55. The SMILES string of the molecule is CCN(N(Cc1ccc(Cl)nc1)C(=O)OC(C)(C)C)C(O)(OC(C)(C)C)C(=O)OOC(=O)C1(O)OC1=O. The molecule has 14 nitrogen and oxygen atoms in total. The Hall–Kier alpha value is -3.04. The molecule has 206 valence electrons. The standard InChI is InChI=1S/C22H30ClN3O11/c1-8-26(25(18(30)34-19(2,3)4)12-13-9-10-14(23)24-11-13)22(32,37-20(5,6)7)17(29)36-35-16(28)21(31)15(27)33-21/h9-11,31-32H,8,12H2,1-7H3. The quantitative estimate of drug-likeness (QED) is 0.119. The predicted molar refractivity (Wildman–Crippen MR) is 122 cm³/mol. The lowest BCUT2D eigenvalue weighted by Crippen LogP contribution is -2.66. The minimum atomic E-state index is -3.10. The molecule has 15 heteroatoms. The minimum Gasteiger partial charge on any atom is -0.443 e. The van der Waals surface area contributed by atoms with E-state index in [1.807, 2.05) is 0 Å². The van der Waals surface area contributed by atoms with Gasteiger partial charge in [0.05, 0.1) is 12.1 Å². The van der Waals surface area contributed by atoms with Gasteiger partial charge in [-0.3, -0.25) is 0 Å². The summed E-state index contributed by atoms with van der Waals surface area (Å²) in [6.45, 7) is 10.3. The maximum atomic E-state index is 13.2. The number of carbonyl (C=O) groups is 4. The van der Waals surface area contributed by atoms with Crippen molar-refractivity contribution in [3.63, 3.8) is 0 Å². The molecule has 0 saturated carbocycles. The van der Waals surface area contributed by atoms with E-state index in [0.717, 1.165) is 10.0 Å². The van der Waals surface area contributed by atoms with Gasteiger partial charge < -0.3 is 24.4 Å². The zero-order chi connectivity index (χ0) is 28.4. The minimum absolute atomic E-state index is 0.192. The van der Waals surface area contributed by atoms with E-state index in [2.05, 4.69) is 19.5 Å². The fraction of sp³-hybridized carbons (Fsp3) is 0.591. The average molecular weight is 548 g/mol. The van der Waals surface area contributed by atoms with E-state index in [0.29, 0.717) is 5.56 Å². The van der Waals surface area contributed by atoms with Crippen molar-refractivity contribution in [2.24, 2.45) is 0 Å². The molecule has 0 aromatic carbocycles. The first kappa shape index (κ1) is 30.2. The number of pyridine rings is 1. The van der Waals surface area contributed by atoms with Gasteiger partial charge in [0.2, 0.25) is 0 Å². The van der Waals surface area contributed by atoms with Gasteiger partial charge in [-0.2, -0.15) is 5.01 Å². The maximum Gasteiger partial charge on any atom is 0.439 e. The summed E-state index contributed by atoms with van der Waals surface area (Å²) in [6.07, 6.45) is 0.376. The summed E-state index contributed by atoms with van der Waals surface area (Å²) in [5.74, 6) is -10.8. The first-order chi connectivity index (χ1) is 16.8. The fourth-order valence-corrected chi connectivity index (χ4v) is 2.94. The Morgan fingerprint density at radius 2 is 1.70 bits per heavy atom. The maximum absolute atomic E-state index is 13.2. The lowest BCUT2D eigenvalue weighted by Gasteiger charge is -2.44. The summed E-state index contributed by atoms with van der Waals surface area (Å²) >= 11 is 5.84. The third-order valence-electron chi connectivity index (χ3n) is 4.33. The highest BCUT2D eigenvalue weighted by Gasteiger charge is 2.68. The molecule has 0 spiro atoms. The Kier molecular flexibility index (Phi) is 8.77. The van der Waals surface area contributed by atoms with Crippen molar-refractivity contribution in [2.75, 3.05) is 6.54 Å². The molecule has 1 amide bonds. The Morgan fingerprint density at radius 3 is 2.14 bits per heavy atom. The molecular weight excluding hydrogens is 518 g/mol. The molecule has 1 aliphatic rings. The first-order valence-electron chi connectivity index (χ1n) is 11.0. The topological polar surface area (TPSA) is 178 Å². The number of cyclic esters (lactones) is 1. The van der Waals surface area contributed by atoms with Crippen molar-refractivity contribution < 1.29 is 53.4 Å².